The van der Waals surface area contributed by atoms with Crippen molar-refractivity contribution in [2.45, 2.75) is 11.1 Å². The monoisotopic (exact) mass is 372 g/mol. The Morgan fingerprint density at radius 3 is 2.32 bits per heavy atom. The molecule has 0 saturated carbocycles. The third-order valence-corrected chi connectivity index (χ3v) is 4.00. The highest BCUT2D eigenvalue weighted by molar-refractivity contribution is 7.99. The summed E-state index contributed by atoms with van der Waals surface area (Å²) in [5.74, 6) is -3.96. The molecule has 0 aliphatic heterocycles. The van der Waals surface area contributed by atoms with Crippen LogP contribution >= 0.6 is 11.8 Å². The zero-order valence-electron chi connectivity index (χ0n) is 12.3. The number of carbonyl (C=O) groups is 1. The van der Waals surface area contributed by atoms with Gasteiger partial charge in [-0.05, 0) is 30.3 Å². The van der Waals surface area contributed by atoms with Crippen molar-refractivity contribution >= 4 is 23.4 Å². The van der Waals surface area contributed by atoms with Gasteiger partial charge in [0.25, 0.3) is 5.91 Å². The number of rotatable bonds is 4. The molecule has 0 aliphatic rings. The molecule has 0 bridgehead atoms. The van der Waals surface area contributed by atoms with Crippen molar-refractivity contribution in [3.63, 3.8) is 0 Å². The molecule has 0 unspecified atom stereocenters. The zero-order valence-corrected chi connectivity index (χ0v) is 13.1. The van der Waals surface area contributed by atoms with Crippen LogP contribution in [0.2, 0.25) is 0 Å². The zero-order chi connectivity index (χ0) is 18.6. The average Bonchev–Trinajstić information content (AvgIpc) is 2.51. The minimum atomic E-state index is -4.45. The molecule has 1 amide bonds. The molecule has 25 heavy (non-hydrogen) atoms. The summed E-state index contributed by atoms with van der Waals surface area (Å²) in [5.41, 5.74) is -0.332. The molecule has 2 rings (SSSR count). The van der Waals surface area contributed by atoms with Gasteiger partial charge in [0.15, 0.2) is 0 Å². The number of nitrogens with one attached hydrogen (secondary N) is 1. The topological polar surface area (TPSA) is 52.9 Å². The molecule has 9 heteroatoms. The Hall–Kier alpha value is -2.60. The van der Waals surface area contributed by atoms with Crippen molar-refractivity contribution < 1.29 is 26.7 Å². The second-order valence-corrected chi connectivity index (χ2v) is 5.86. The first-order chi connectivity index (χ1) is 11.7. The summed E-state index contributed by atoms with van der Waals surface area (Å²) in [7, 11) is 0. The van der Waals surface area contributed by atoms with Crippen molar-refractivity contribution in [2.75, 3.05) is 11.1 Å². The van der Waals surface area contributed by atoms with Crippen molar-refractivity contribution in [1.29, 1.82) is 5.26 Å². The first kappa shape index (κ1) is 18.7. The maximum Gasteiger partial charge on any atom is 0.398 e. The van der Waals surface area contributed by atoms with Gasteiger partial charge in [-0.2, -0.15) is 18.4 Å². The van der Waals surface area contributed by atoms with Crippen LogP contribution in [0.4, 0.5) is 27.6 Å². The highest BCUT2D eigenvalue weighted by Crippen LogP contribution is 2.30. The quantitative estimate of drug-likeness (QED) is 0.623. The molecule has 3 nitrogen and oxygen atoms in total. The number of hydrogen-bond donors (Lipinski definition) is 1. The molecule has 0 saturated heterocycles. The third kappa shape index (κ3) is 5.46. The molecule has 0 atom stereocenters. The summed E-state index contributed by atoms with van der Waals surface area (Å²) in [4.78, 5) is 12.3. The Morgan fingerprint density at radius 1 is 1.12 bits per heavy atom. The van der Waals surface area contributed by atoms with Crippen molar-refractivity contribution in [3.8, 4) is 6.07 Å². The molecule has 2 aromatic rings. The van der Waals surface area contributed by atoms with Gasteiger partial charge >= 0.3 is 6.18 Å². The van der Waals surface area contributed by atoms with E-state index in [1.165, 1.54) is 12.1 Å². The lowest BCUT2D eigenvalue weighted by molar-refractivity contribution is -0.105. The van der Waals surface area contributed by atoms with Gasteiger partial charge in [-0.3, -0.25) is 4.79 Å². The van der Waals surface area contributed by atoms with E-state index in [2.05, 4.69) is 5.32 Å². The molecule has 130 valence electrons. The largest absolute Gasteiger partial charge is 0.398 e. The second-order valence-electron chi connectivity index (χ2n) is 4.84. The van der Waals surface area contributed by atoms with Gasteiger partial charge < -0.3 is 5.32 Å². The first-order valence-corrected chi connectivity index (χ1v) is 7.67. The molecule has 0 spiro atoms. The third-order valence-electron chi connectivity index (χ3n) is 2.87. The molecule has 1 N–H and O–H groups in total. The van der Waals surface area contributed by atoms with Crippen molar-refractivity contribution in [3.05, 3.63) is 59.2 Å². The van der Waals surface area contributed by atoms with Crippen LogP contribution in [0, 0.1) is 23.0 Å². The summed E-state index contributed by atoms with van der Waals surface area (Å²) in [6.07, 6.45) is -4.45. The van der Waals surface area contributed by atoms with E-state index in [0.717, 1.165) is 18.2 Å². The number of thioether (sulfide) groups is 1. The number of hydrogen-bond acceptors (Lipinski definition) is 3. The van der Waals surface area contributed by atoms with Crippen LogP contribution < -0.4 is 5.32 Å². The number of anilines is 1. The highest BCUT2D eigenvalue weighted by atomic mass is 32.2. The van der Waals surface area contributed by atoms with Crippen LogP contribution in [0.3, 0.4) is 0 Å². The molecular formula is C16H9F5N2OS. The summed E-state index contributed by atoms with van der Waals surface area (Å²) in [6.45, 7) is 0. The summed E-state index contributed by atoms with van der Waals surface area (Å²) >= 11 is 0.375. The van der Waals surface area contributed by atoms with E-state index in [-0.39, 0.29) is 21.7 Å². The maximum atomic E-state index is 13.2. The van der Waals surface area contributed by atoms with Gasteiger partial charge in [0.2, 0.25) is 0 Å². The van der Waals surface area contributed by atoms with Crippen LogP contribution in [0.15, 0.2) is 41.3 Å². The van der Waals surface area contributed by atoms with Gasteiger partial charge in [0.1, 0.15) is 11.6 Å². The van der Waals surface area contributed by atoms with Crippen molar-refractivity contribution in [2.24, 2.45) is 0 Å². The lowest BCUT2D eigenvalue weighted by atomic mass is 10.1. The van der Waals surface area contributed by atoms with Gasteiger partial charge in [-0.25, -0.2) is 8.78 Å². The molecule has 0 fully saturated rings. The summed E-state index contributed by atoms with van der Waals surface area (Å²) in [6, 6.07) is 7.71. The number of amides is 1. The fourth-order valence-electron chi connectivity index (χ4n) is 1.89. The number of alkyl halides is 3. The molecule has 0 radical (unpaired) electrons. The van der Waals surface area contributed by atoms with Crippen molar-refractivity contribution in [1.82, 2.24) is 0 Å². The maximum absolute atomic E-state index is 13.2. The van der Waals surface area contributed by atoms with E-state index < -0.39 is 29.5 Å². The molecule has 0 heterocycles. The number of benzene rings is 2. The molecule has 0 aromatic heterocycles. The molecule has 2 aromatic carbocycles. The van der Waals surface area contributed by atoms with Crippen LogP contribution in [0.1, 0.15) is 15.9 Å². The predicted molar refractivity (Wildman–Crippen MR) is 82.2 cm³/mol. The van der Waals surface area contributed by atoms with Gasteiger partial charge in [0.05, 0.1) is 22.9 Å². The van der Waals surface area contributed by atoms with E-state index in [4.69, 9.17) is 5.26 Å². The second kappa shape index (κ2) is 7.53. The van der Waals surface area contributed by atoms with E-state index in [0.29, 0.717) is 17.8 Å². The van der Waals surface area contributed by atoms with E-state index in [9.17, 15) is 26.7 Å². The smallest absolute Gasteiger partial charge is 0.322 e. The standard InChI is InChI=1S/C16H9F5N2OS/c17-10-4-11(18)6-12(5-10)23-15(24)13-3-9(7-22)1-2-14(13)25-8-16(19,20)21/h1-6H,8H2,(H,23,24). The minimum Gasteiger partial charge on any atom is -0.322 e. The fraction of sp³-hybridized carbons (Fsp3) is 0.125. The van der Waals surface area contributed by atoms with Crippen LogP contribution in [0.25, 0.3) is 0 Å². The Morgan fingerprint density at radius 2 is 1.76 bits per heavy atom. The van der Waals surface area contributed by atoms with Gasteiger partial charge in [-0.15, -0.1) is 11.8 Å². The minimum absolute atomic E-state index is 0.00861. The SMILES string of the molecule is N#Cc1ccc(SCC(F)(F)F)c(C(=O)Nc2cc(F)cc(F)c2)c1. The highest BCUT2D eigenvalue weighted by Gasteiger charge is 2.28. The van der Waals surface area contributed by atoms with Gasteiger partial charge in [0, 0.05) is 16.6 Å². The van der Waals surface area contributed by atoms with Crippen LogP contribution in [0.5, 0.6) is 0 Å². The lowest BCUT2D eigenvalue weighted by Crippen LogP contribution is -2.15. The number of carbonyl (C=O) groups excluding carboxylic acids is 1. The van der Waals surface area contributed by atoms with E-state index in [1.54, 1.807) is 6.07 Å². The number of nitrogens with zero attached hydrogens (tertiary/aromatic N) is 1. The molecule has 0 aliphatic carbocycles. The van der Waals surface area contributed by atoms with Crippen LogP contribution in [-0.4, -0.2) is 17.8 Å². The summed E-state index contributed by atoms with van der Waals surface area (Å²) in [5, 5.41) is 11.1. The number of halogens is 5. The predicted octanol–water partition coefficient (Wildman–Crippen LogP) is 4.74. The molecular weight excluding hydrogens is 363 g/mol. The Kier molecular flexibility index (Phi) is 5.64. The Balaban J connectivity index is 2.31. The Bertz CT molecular complexity index is 825. The van der Waals surface area contributed by atoms with Crippen LogP contribution in [-0.2, 0) is 0 Å². The van der Waals surface area contributed by atoms with E-state index >= 15 is 0 Å². The number of nitriles is 1. The average molecular weight is 372 g/mol. The summed E-state index contributed by atoms with van der Waals surface area (Å²) < 4.78 is 63.5. The fourth-order valence-corrected chi connectivity index (χ4v) is 2.68. The Labute approximate surface area is 143 Å². The van der Waals surface area contributed by atoms with Gasteiger partial charge in [-0.1, -0.05) is 0 Å². The normalized spacial score (nSPS) is 11.0. The van der Waals surface area contributed by atoms with E-state index in [1.807, 2.05) is 0 Å². The lowest BCUT2D eigenvalue weighted by Gasteiger charge is -2.12. The first-order valence-electron chi connectivity index (χ1n) is 6.69.